The van der Waals surface area contributed by atoms with Gasteiger partial charge in [0.25, 0.3) is 0 Å². The summed E-state index contributed by atoms with van der Waals surface area (Å²) in [5.74, 6) is -1.44. The minimum atomic E-state index is -1.05. The molecule has 0 radical (unpaired) electrons. The molecule has 1 aliphatic rings. The van der Waals surface area contributed by atoms with Gasteiger partial charge in [-0.15, -0.1) is 5.10 Å². The molecule has 1 saturated heterocycles. The van der Waals surface area contributed by atoms with Crippen molar-refractivity contribution in [3.05, 3.63) is 42.1 Å². The molecule has 2 N–H and O–H groups in total. The van der Waals surface area contributed by atoms with Crippen molar-refractivity contribution in [1.29, 1.82) is 5.26 Å². The lowest BCUT2D eigenvalue weighted by molar-refractivity contribution is -0.138. The Morgan fingerprint density at radius 2 is 2.21 bits per heavy atom. The SMILES string of the molecule is N#CCCn1cc(/C=N/N=C2/NC(=O)C(CC(=O)O)S2)c(-c2ccccc2)n1. The lowest BCUT2D eigenvalue weighted by atomic mass is 10.1. The number of rotatable bonds is 7. The molecule has 10 heteroatoms. The van der Waals surface area contributed by atoms with Crippen LogP contribution in [0.1, 0.15) is 18.4 Å². The Morgan fingerprint density at radius 3 is 2.93 bits per heavy atom. The molecule has 0 aliphatic carbocycles. The number of thioether (sulfide) groups is 1. The number of aliphatic carboxylic acids is 1. The number of hydrogen-bond donors (Lipinski definition) is 2. The highest BCUT2D eigenvalue weighted by Gasteiger charge is 2.32. The van der Waals surface area contributed by atoms with Gasteiger partial charge in [0.2, 0.25) is 5.91 Å². The van der Waals surface area contributed by atoms with Gasteiger partial charge in [-0.25, -0.2) is 0 Å². The molecule has 2 heterocycles. The van der Waals surface area contributed by atoms with Crippen LogP contribution in [-0.4, -0.2) is 43.4 Å². The molecule has 1 fully saturated rings. The number of carboxylic acids is 1. The number of benzene rings is 1. The van der Waals surface area contributed by atoms with E-state index in [4.69, 9.17) is 10.4 Å². The molecule has 9 nitrogen and oxygen atoms in total. The summed E-state index contributed by atoms with van der Waals surface area (Å²) in [5, 5.41) is 32.1. The van der Waals surface area contributed by atoms with E-state index in [0.717, 1.165) is 17.3 Å². The van der Waals surface area contributed by atoms with Crippen molar-refractivity contribution in [2.24, 2.45) is 10.2 Å². The van der Waals surface area contributed by atoms with Crippen molar-refractivity contribution in [2.75, 3.05) is 0 Å². The quantitative estimate of drug-likeness (QED) is 0.542. The fourth-order valence-electron chi connectivity index (χ4n) is 2.52. The average Bonchev–Trinajstić information content (AvgIpc) is 3.24. The van der Waals surface area contributed by atoms with Gasteiger partial charge in [0.05, 0.1) is 31.7 Å². The molecular formula is C18H16N6O3S. The van der Waals surface area contributed by atoms with Gasteiger partial charge >= 0.3 is 5.97 Å². The first-order valence-electron chi connectivity index (χ1n) is 8.37. The van der Waals surface area contributed by atoms with Gasteiger partial charge < -0.3 is 10.4 Å². The maximum Gasteiger partial charge on any atom is 0.305 e. The predicted octanol–water partition coefficient (Wildman–Crippen LogP) is 1.86. The lowest BCUT2D eigenvalue weighted by Gasteiger charge is -1.98. The number of carboxylic acid groups (broad SMARTS) is 1. The van der Waals surface area contributed by atoms with E-state index in [0.29, 0.717) is 24.2 Å². The lowest BCUT2D eigenvalue weighted by Crippen LogP contribution is -2.26. The summed E-state index contributed by atoms with van der Waals surface area (Å²) in [5.41, 5.74) is 2.32. The maximum atomic E-state index is 11.7. The fourth-order valence-corrected chi connectivity index (χ4v) is 3.43. The summed E-state index contributed by atoms with van der Waals surface area (Å²) in [6.07, 6.45) is 3.35. The second-order valence-corrected chi connectivity index (χ2v) is 7.01. The second kappa shape index (κ2) is 8.96. The van der Waals surface area contributed by atoms with Crippen molar-refractivity contribution in [2.45, 2.75) is 24.6 Å². The van der Waals surface area contributed by atoms with E-state index in [-0.39, 0.29) is 11.6 Å². The molecule has 1 unspecified atom stereocenters. The minimum Gasteiger partial charge on any atom is -0.481 e. The number of aromatic nitrogens is 2. The Morgan fingerprint density at radius 1 is 1.43 bits per heavy atom. The molecular weight excluding hydrogens is 380 g/mol. The first kappa shape index (κ1) is 19.3. The molecule has 1 amide bonds. The number of hydrogen-bond acceptors (Lipinski definition) is 7. The second-order valence-electron chi connectivity index (χ2n) is 5.81. The average molecular weight is 396 g/mol. The smallest absolute Gasteiger partial charge is 0.305 e. The zero-order valence-electron chi connectivity index (χ0n) is 14.6. The topological polar surface area (TPSA) is 133 Å². The van der Waals surface area contributed by atoms with Crippen LogP contribution < -0.4 is 5.32 Å². The first-order chi connectivity index (χ1) is 13.6. The Balaban J connectivity index is 1.79. The Kier molecular flexibility index (Phi) is 6.18. The van der Waals surface area contributed by atoms with E-state index in [1.165, 1.54) is 6.21 Å². The van der Waals surface area contributed by atoms with Crippen molar-refractivity contribution in [1.82, 2.24) is 15.1 Å². The third-order valence-corrected chi connectivity index (χ3v) is 4.84. The Labute approximate surface area is 164 Å². The molecule has 28 heavy (non-hydrogen) atoms. The van der Waals surface area contributed by atoms with Crippen LogP contribution in [0.3, 0.4) is 0 Å². The zero-order chi connectivity index (χ0) is 19.9. The van der Waals surface area contributed by atoms with Crippen LogP contribution in [0.5, 0.6) is 0 Å². The highest BCUT2D eigenvalue weighted by Crippen LogP contribution is 2.23. The van der Waals surface area contributed by atoms with Crippen molar-refractivity contribution >= 4 is 35.0 Å². The van der Waals surface area contributed by atoms with Gasteiger partial charge in [-0.1, -0.05) is 42.1 Å². The number of amidine groups is 1. The van der Waals surface area contributed by atoms with E-state index in [2.05, 4.69) is 26.7 Å². The molecule has 3 rings (SSSR count). The number of nitriles is 1. The molecule has 0 saturated carbocycles. The normalized spacial score (nSPS) is 17.8. The summed E-state index contributed by atoms with van der Waals surface area (Å²) < 4.78 is 1.68. The summed E-state index contributed by atoms with van der Waals surface area (Å²) >= 11 is 1.04. The van der Waals surface area contributed by atoms with Gasteiger partial charge in [-0.2, -0.15) is 15.5 Å². The van der Waals surface area contributed by atoms with E-state index < -0.39 is 17.1 Å². The molecule has 1 atom stereocenters. The van der Waals surface area contributed by atoms with E-state index >= 15 is 0 Å². The van der Waals surface area contributed by atoms with Gasteiger partial charge in [0.1, 0.15) is 10.9 Å². The van der Waals surface area contributed by atoms with E-state index in [9.17, 15) is 9.59 Å². The standard InChI is InChI=1S/C18H16N6O3S/c19-7-4-8-24-11-13(16(23-24)12-5-2-1-3-6-12)10-20-22-18-21-17(27)14(28-18)9-15(25)26/h1-3,5-6,10-11,14H,4,8-9H2,(H,25,26)(H,21,22,27)/b20-10+. The number of carbonyl (C=O) groups excluding carboxylic acids is 1. The van der Waals surface area contributed by atoms with Crippen molar-refractivity contribution in [3.63, 3.8) is 0 Å². The van der Waals surface area contributed by atoms with Crippen LogP contribution >= 0.6 is 11.8 Å². The molecule has 142 valence electrons. The highest BCUT2D eigenvalue weighted by atomic mass is 32.2. The zero-order valence-corrected chi connectivity index (χ0v) is 15.5. The molecule has 1 aliphatic heterocycles. The van der Waals surface area contributed by atoms with Crippen LogP contribution in [0.25, 0.3) is 11.3 Å². The van der Waals surface area contributed by atoms with Crippen LogP contribution in [-0.2, 0) is 16.1 Å². The molecule has 0 spiro atoms. The first-order valence-corrected chi connectivity index (χ1v) is 9.25. The summed E-state index contributed by atoms with van der Waals surface area (Å²) in [6, 6.07) is 11.6. The number of nitrogens with zero attached hydrogens (tertiary/aromatic N) is 5. The Bertz CT molecular complexity index is 977. The molecule has 1 aromatic heterocycles. The van der Waals surface area contributed by atoms with Gasteiger partial charge in [-0.05, 0) is 0 Å². The van der Waals surface area contributed by atoms with Crippen LogP contribution in [0.2, 0.25) is 0 Å². The minimum absolute atomic E-state index is 0.255. The molecule has 2 aromatic rings. The summed E-state index contributed by atoms with van der Waals surface area (Å²) in [6.45, 7) is 0.460. The maximum absolute atomic E-state index is 11.7. The van der Waals surface area contributed by atoms with E-state index in [1.54, 1.807) is 10.9 Å². The largest absolute Gasteiger partial charge is 0.481 e. The summed E-state index contributed by atoms with van der Waals surface area (Å²) in [4.78, 5) is 22.5. The Hall–Kier alpha value is -3.45. The number of carbonyl (C=O) groups is 2. The van der Waals surface area contributed by atoms with Gasteiger partial charge in [0.15, 0.2) is 5.17 Å². The van der Waals surface area contributed by atoms with Crippen LogP contribution in [0.15, 0.2) is 46.7 Å². The van der Waals surface area contributed by atoms with Crippen molar-refractivity contribution in [3.8, 4) is 17.3 Å². The molecule has 0 bridgehead atoms. The highest BCUT2D eigenvalue weighted by molar-refractivity contribution is 8.15. The third-order valence-electron chi connectivity index (χ3n) is 3.77. The fraction of sp³-hybridized carbons (Fsp3) is 0.222. The van der Waals surface area contributed by atoms with Crippen molar-refractivity contribution < 1.29 is 14.7 Å². The number of nitrogens with one attached hydrogen (secondary N) is 1. The molecule has 1 aromatic carbocycles. The van der Waals surface area contributed by atoms with Crippen LogP contribution in [0.4, 0.5) is 0 Å². The monoisotopic (exact) mass is 396 g/mol. The summed E-state index contributed by atoms with van der Waals surface area (Å²) in [7, 11) is 0. The third kappa shape index (κ3) is 4.83. The van der Waals surface area contributed by atoms with Gasteiger partial charge in [0, 0.05) is 17.3 Å². The van der Waals surface area contributed by atoms with Gasteiger partial charge in [-0.3, -0.25) is 14.3 Å². The predicted molar refractivity (Wildman–Crippen MR) is 105 cm³/mol. The van der Waals surface area contributed by atoms with E-state index in [1.807, 2.05) is 30.3 Å². The van der Waals surface area contributed by atoms with Crippen LogP contribution in [0, 0.1) is 11.3 Å². The number of aryl methyl sites for hydroxylation is 1. The number of amides is 1.